The van der Waals surface area contributed by atoms with Crippen molar-refractivity contribution in [2.24, 2.45) is 23.5 Å². The number of nitrogens with two attached hydrogens (primary N) is 1. The molecule has 0 aliphatic carbocycles. The van der Waals surface area contributed by atoms with Gasteiger partial charge in [-0.3, -0.25) is 0 Å². The zero-order valence-electron chi connectivity index (χ0n) is 35.2. The van der Waals surface area contributed by atoms with Gasteiger partial charge in [0, 0.05) is 43.5 Å². The SMILES string of the molecule is Cc1ccc2c(N3CCC[C@@H](CN)C3)nc(-c3c(O)cccc3F)nc2c1.Cc1ccc2c(N3CCC[C@@H](CNC(=O)OCC(C)C)C3)nc(-c3c(O)cccc3F)nc2c1. The maximum Gasteiger partial charge on any atom is 0.407 e. The van der Waals surface area contributed by atoms with Crippen LogP contribution in [0.1, 0.15) is 50.7 Å². The van der Waals surface area contributed by atoms with Crippen LogP contribution in [0, 0.1) is 43.2 Å². The topological polar surface area (TPSA) is 163 Å². The maximum absolute atomic E-state index is 14.6. The minimum Gasteiger partial charge on any atom is -0.507 e. The number of nitrogens with one attached hydrogen (secondary N) is 1. The highest BCUT2D eigenvalue weighted by molar-refractivity contribution is 5.93. The third-order valence-electron chi connectivity index (χ3n) is 11.1. The molecule has 2 aromatic heterocycles. The van der Waals surface area contributed by atoms with E-state index in [0.717, 1.165) is 78.6 Å². The minimum absolute atomic E-state index is 0.00437. The summed E-state index contributed by atoms with van der Waals surface area (Å²) in [4.78, 5) is 34.9. The number of phenolic OH excluding ortho intramolecular Hbond substituents is 2. The summed E-state index contributed by atoms with van der Waals surface area (Å²) in [6.45, 7) is 12.7. The van der Waals surface area contributed by atoms with Crippen LogP contribution < -0.4 is 20.9 Å². The van der Waals surface area contributed by atoms with Crippen LogP contribution in [0.5, 0.6) is 11.5 Å². The highest BCUT2D eigenvalue weighted by atomic mass is 19.1. The number of aromatic hydroxyl groups is 2. The van der Waals surface area contributed by atoms with Gasteiger partial charge in [-0.25, -0.2) is 33.5 Å². The van der Waals surface area contributed by atoms with Crippen molar-refractivity contribution in [3.05, 3.63) is 95.6 Å². The van der Waals surface area contributed by atoms with E-state index in [1.165, 1.54) is 36.4 Å². The van der Waals surface area contributed by atoms with Gasteiger partial charge in [0.1, 0.15) is 34.8 Å². The number of fused-ring (bicyclic) bond motifs is 2. The molecular formula is C47H54F2N8O4. The fourth-order valence-electron chi connectivity index (χ4n) is 8.01. The van der Waals surface area contributed by atoms with Crippen LogP contribution >= 0.6 is 0 Å². The number of piperidine rings is 2. The third kappa shape index (κ3) is 10.1. The molecule has 4 heterocycles. The lowest BCUT2D eigenvalue weighted by atomic mass is 9.97. The van der Waals surface area contributed by atoms with Crippen molar-refractivity contribution in [1.29, 1.82) is 0 Å². The Morgan fingerprint density at radius 2 is 1.26 bits per heavy atom. The molecule has 0 saturated carbocycles. The first-order valence-corrected chi connectivity index (χ1v) is 21.0. The van der Waals surface area contributed by atoms with Crippen molar-refractivity contribution in [3.63, 3.8) is 0 Å². The van der Waals surface area contributed by atoms with Gasteiger partial charge in [-0.15, -0.1) is 0 Å². The van der Waals surface area contributed by atoms with Gasteiger partial charge in [0.2, 0.25) is 0 Å². The predicted octanol–water partition coefficient (Wildman–Crippen LogP) is 8.67. The molecule has 0 radical (unpaired) electrons. The molecule has 8 rings (SSSR count). The molecule has 4 aromatic carbocycles. The molecule has 2 aliphatic heterocycles. The molecule has 320 valence electrons. The van der Waals surface area contributed by atoms with E-state index in [4.69, 9.17) is 15.5 Å². The summed E-state index contributed by atoms with van der Waals surface area (Å²) in [5, 5.41) is 25.2. The number of hydrogen-bond donors (Lipinski definition) is 4. The smallest absolute Gasteiger partial charge is 0.407 e. The van der Waals surface area contributed by atoms with Crippen LogP contribution in [0.4, 0.5) is 25.2 Å². The first-order valence-electron chi connectivity index (χ1n) is 21.0. The van der Waals surface area contributed by atoms with Gasteiger partial charge >= 0.3 is 6.09 Å². The number of alkyl carbamates (subject to hydrolysis) is 1. The quantitative estimate of drug-likeness (QED) is 0.110. The summed E-state index contributed by atoms with van der Waals surface area (Å²) in [6, 6.07) is 20.3. The monoisotopic (exact) mass is 832 g/mol. The van der Waals surface area contributed by atoms with E-state index in [0.29, 0.717) is 43.5 Å². The molecule has 1 amide bonds. The predicted molar refractivity (Wildman–Crippen MR) is 236 cm³/mol. The lowest BCUT2D eigenvalue weighted by Gasteiger charge is -2.34. The molecule has 61 heavy (non-hydrogen) atoms. The number of nitrogens with zero attached hydrogens (tertiary/aromatic N) is 6. The zero-order valence-corrected chi connectivity index (χ0v) is 35.2. The molecule has 2 fully saturated rings. The summed E-state index contributed by atoms with van der Waals surface area (Å²) in [6.07, 6.45) is 3.66. The van der Waals surface area contributed by atoms with Gasteiger partial charge in [0.25, 0.3) is 0 Å². The number of hydrogen-bond acceptors (Lipinski definition) is 11. The zero-order chi connectivity index (χ0) is 43.2. The van der Waals surface area contributed by atoms with Gasteiger partial charge in [-0.1, -0.05) is 38.1 Å². The van der Waals surface area contributed by atoms with Gasteiger partial charge in [0.15, 0.2) is 11.6 Å². The standard InChI is InChI=1S/C26H31FN4O3.C21H23FN4O/c1-16(2)15-34-26(33)28-13-18-6-5-11-31(14-18)25-19-10-9-17(3)12-21(19)29-24(30-25)23-20(27)7-4-8-22(23)32;1-13-7-8-15-17(10-13)24-20(19-16(22)5-2-6-18(19)27)25-21(15)26-9-3-4-14(11-23)12-26/h4,7-10,12,16,18,32H,5-6,11,13-15H2,1-3H3,(H,28,33);2,5-8,10,14,27H,3-4,9,11-12,23H2,1H3/t18-;14-/m00/s1. The summed E-state index contributed by atoms with van der Waals surface area (Å²) in [5.41, 5.74) is 9.46. The Morgan fingerprint density at radius 1 is 0.770 bits per heavy atom. The Kier molecular flexibility index (Phi) is 13.4. The molecule has 6 aromatic rings. The number of aryl methyl sites for hydroxylation is 2. The van der Waals surface area contributed by atoms with Crippen molar-refractivity contribution in [1.82, 2.24) is 25.3 Å². The average Bonchev–Trinajstić information content (AvgIpc) is 3.24. The molecule has 2 saturated heterocycles. The number of phenols is 2. The Morgan fingerprint density at radius 3 is 1.74 bits per heavy atom. The third-order valence-corrected chi connectivity index (χ3v) is 11.1. The number of aromatic nitrogens is 4. The lowest BCUT2D eigenvalue weighted by Crippen LogP contribution is -2.41. The number of amides is 1. The number of carbonyl (C=O) groups is 1. The Hall–Kier alpha value is -6.15. The van der Waals surface area contributed by atoms with Gasteiger partial charge in [-0.2, -0.15) is 0 Å². The molecule has 5 N–H and O–H groups in total. The van der Waals surface area contributed by atoms with Crippen molar-refractivity contribution in [3.8, 4) is 34.3 Å². The van der Waals surface area contributed by atoms with E-state index in [1.807, 2.05) is 64.1 Å². The van der Waals surface area contributed by atoms with Gasteiger partial charge in [0.05, 0.1) is 28.8 Å². The fourth-order valence-corrected chi connectivity index (χ4v) is 8.01. The molecule has 0 bridgehead atoms. The van der Waals surface area contributed by atoms with Crippen LogP contribution in [-0.2, 0) is 4.74 Å². The second kappa shape index (κ2) is 19.1. The first-order chi connectivity index (χ1) is 29.4. The number of carbonyl (C=O) groups excluding carboxylic acids is 1. The molecule has 12 nitrogen and oxygen atoms in total. The fraction of sp³-hybridized carbons (Fsp3) is 0.383. The molecule has 0 unspecified atom stereocenters. The van der Waals surface area contributed by atoms with Crippen molar-refractivity contribution >= 4 is 39.5 Å². The lowest BCUT2D eigenvalue weighted by molar-refractivity contribution is 0.131. The van der Waals surface area contributed by atoms with E-state index in [2.05, 4.69) is 30.1 Å². The van der Waals surface area contributed by atoms with E-state index in [1.54, 1.807) is 0 Å². The first kappa shape index (κ1) is 43.0. The van der Waals surface area contributed by atoms with Crippen molar-refractivity contribution in [2.45, 2.75) is 53.4 Å². The molecule has 14 heteroatoms. The maximum atomic E-state index is 14.6. The highest BCUT2D eigenvalue weighted by Gasteiger charge is 2.27. The van der Waals surface area contributed by atoms with E-state index in [9.17, 15) is 23.8 Å². The Bertz CT molecular complexity index is 2480. The second-order valence-corrected chi connectivity index (χ2v) is 16.6. The van der Waals surface area contributed by atoms with Crippen LogP contribution in [0.3, 0.4) is 0 Å². The minimum atomic E-state index is -0.571. The summed E-state index contributed by atoms with van der Waals surface area (Å²) >= 11 is 0. The molecule has 2 aliphatic rings. The largest absolute Gasteiger partial charge is 0.507 e. The summed E-state index contributed by atoms with van der Waals surface area (Å²) < 4.78 is 34.3. The molecule has 2 atom stereocenters. The Balaban J connectivity index is 0.000000189. The number of anilines is 2. The van der Waals surface area contributed by atoms with E-state index in [-0.39, 0.29) is 46.1 Å². The molecule has 0 spiro atoms. The van der Waals surface area contributed by atoms with Gasteiger partial charge < -0.3 is 35.8 Å². The van der Waals surface area contributed by atoms with Gasteiger partial charge in [-0.05, 0) is 123 Å². The summed E-state index contributed by atoms with van der Waals surface area (Å²) in [5.74, 6) is 1.30. The van der Waals surface area contributed by atoms with Crippen LogP contribution in [-0.4, -0.2) is 82.1 Å². The van der Waals surface area contributed by atoms with Crippen molar-refractivity contribution < 1.29 is 28.5 Å². The van der Waals surface area contributed by atoms with Crippen LogP contribution in [0.15, 0.2) is 72.8 Å². The van der Waals surface area contributed by atoms with E-state index < -0.39 is 17.7 Å². The number of benzene rings is 4. The molecular weight excluding hydrogens is 779 g/mol. The highest BCUT2D eigenvalue weighted by Crippen LogP contribution is 2.37. The van der Waals surface area contributed by atoms with E-state index >= 15 is 0 Å². The summed E-state index contributed by atoms with van der Waals surface area (Å²) in [7, 11) is 0. The Labute approximate surface area is 354 Å². The normalized spacial score (nSPS) is 16.7. The van der Waals surface area contributed by atoms with Crippen molar-refractivity contribution in [2.75, 3.05) is 55.7 Å². The number of halogens is 2. The van der Waals surface area contributed by atoms with Crippen LogP contribution in [0.2, 0.25) is 0 Å². The number of rotatable bonds is 9. The second-order valence-electron chi connectivity index (χ2n) is 16.6. The average molecular weight is 833 g/mol. The van der Waals surface area contributed by atoms with Crippen LogP contribution in [0.25, 0.3) is 44.6 Å². The number of ether oxygens (including phenoxy) is 1.